The third kappa shape index (κ3) is 12.7. The number of unbranched alkanes of at least 4 members (excludes halogenated alkanes) is 9. The van der Waals surface area contributed by atoms with Crippen LogP contribution < -0.4 is 0 Å². The fraction of sp³-hybridized carbons (Fsp3) is 1.00. The summed E-state index contributed by atoms with van der Waals surface area (Å²) in [4.78, 5) is 0. The summed E-state index contributed by atoms with van der Waals surface area (Å²) in [5, 5.41) is -0.0530. The van der Waals surface area contributed by atoms with E-state index >= 15 is 0 Å². The summed E-state index contributed by atoms with van der Waals surface area (Å²) in [7, 11) is -2.22. The van der Waals surface area contributed by atoms with Gasteiger partial charge in [0.15, 0.2) is 0 Å². The molecule has 1 atom stereocenters. The van der Waals surface area contributed by atoms with Gasteiger partial charge < -0.3 is 0 Å². The van der Waals surface area contributed by atoms with E-state index in [1.165, 1.54) is 57.8 Å². The van der Waals surface area contributed by atoms with E-state index in [4.69, 9.17) is 0 Å². The van der Waals surface area contributed by atoms with Crippen LogP contribution in [0.5, 0.6) is 0 Å². The summed E-state index contributed by atoms with van der Waals surface area (Å²) < 4.78 is 22.4. The highest BCUT2D eigenvalue weighted by Crippen LogP contribution is 2.15. The zero-order valence-electron chi connectivity index (χ0n) is 13.0. The largest absolute Gasteiger partial charge is 0.232 e. The van der Waals surface area contributed by atoms with Gasteiger partial charge in [0, 0.05) is 0 Å². The predicted molar refractivity (Wildman–Crippen MR) is 85.5 cm³/mol. The first-order valence-electron chi connectivity index (χ1n) is 8.35. The van der Waals surface area contributed by atoms with Gasteiger partial charge in [-0.05, 0) is 12.8 Å². The second kappa shape index (κ2) is 14.4. The van der Waals surface area contributed by atoms with E-state index in [1.807, 2.05) is 0 Å². The van der Waals surface area contributed by atoms with Gasteiger partial charge in [0.1, 0.15) is 10.7 Å². The Hall–Kier alpha value is -0.0500. The zero-order valence-corrected chi connectivity index (χ0v) is 13.9. The van der Waals surface area contributed by atoms with Gasteiger partial charge in [-0.2, -0.15) is 0 Å². The van der Waals surface area contributed by atoms with Crippen molar-refractivity contribution in [2.45, 2.75) is 103 Å². The fourth-order valence-electron chi connectivity index (χ4n) is 2.50. The monoisotopic (exact) mass is 290 g/mol. The number of hydrogen-bond acceptors (Lipinski definition) is 2. The summed E-state index contributed by atoms with van der Waals surface area (Å²) in [6.45, 7) is 4.42. The lowest BCUT2D eigenvalue weighted by Gasteiger charge is -2.10. The van der Waals surface area contributed by atoms with Gasteiger partial charge in [-0.25, -0.2) is 8.42 Å². The van der Waals surface area contributed by atoms with Crippen LogP contribution in [0.4, 0.5) is 0 Å². The molecule has 3 heteroatoms. The summed E-state index contributed by atoms with van der Waals surface area (Å²) in [5.41, 5.74) is 0. The van der Waals surface area contributed by atoms with E-state index in [0.717, 1.165) is 25.7 Å². The lowest BCUT2D eigenvalue weighted by atomic mass is 10.0. The van der Waals surface area contributed by atoms with Crippen LogP contribution in [-0.4, -0.2) is 13.7 Å². The molecule has 1 unspecified atom stereocenters. The minimum Gasteiger partial charge on any atom is -0.232 e. The van der Waals surface area contributed by atoms with Crippen LogP contribution in [0, 0.1) is 0 Å². The van der Waals surface area contributed by atoms with Crippen molar-refractivity contribution in [2.24, 2.45) is 0 Å². The van der Waals surface area contributed by atoms with Crippen molar-refractivity contribution in [1.82, 2.24) is 0 Å². The topological polar surface area (TPSA) is 34.1 Å². The maximum absolute atomic E-state index is 11.2. The average molecular weight is 291 g/mol. The zero-order chi connectivity index (χ0) is 14.3. The van der Waals surface area contributed by atoms with Crippen molar-refractivity contribution in [3.8, 4) is 0 Å². The Morgan fingerprint density at radius 1 is 0.632 bits per heavy atom. The molecule has 0 spiro atoms. The molecule has 0 aliphatic rings. The molecule has 116 valence electrons. The lowest BCUT2D eigenvalue weighted by molar-refractivity contribution is 0.523. The molecule has 0 aromatic rings. The van der Waals surface area contributed by atoms with Gasteiger partial charge in [0.2, 0.25) is 0 Å². The van der Waals surface area contributed by atoms with Crippen molar-refractivity contribution in [3.05, 3.63) is 0 Å². The molecule has 0 aromatic carbocycles. The highest BCUT2D eigenvalue weighted by Gasteiger charge is 2.10. The summed E-state index contributed by atoms with van der Waals surface area (Å²) in [5.74, 6) is 0. The van der Waals surface area contributed by atoms with Gasteiger partial charge in [-0.1, -0.05) is 84.5 Å². The summed E-state index contributed by atoms with van der Waals surface area (Å²) >= 11 is 0. The molecule has 0 rings (SSSR count). The Balaban J connectivity index is 3.57. The smallest absolute Gasteiger partial charge is 0.143 e. The van der Waals surface area contributed by atoms with E-state index in [0.29, 0.717) is 0 Å². The van der Waals surface area contributed by atoms with Crippen molar-refractivity contribution in [2.75, 3.05) is 0 Å². The van der Waals surface area contributed by atoms with Crippen LogP contribution in [0.1, 0.15) is 97.3 Å². The molecule has 0 fully saturated rings. The van der Waals surface area contributed by atoms with Crippen LogP contribution >= 0.6 is 0 Å². The number of rotatable bonds is 14. The van der Waals surface area contributed by atoms with Crippen molar-refractivity contribution >= 4 is 10.7 Å². The fourth-order valence-corrected chi connectivity index (χ4v) is 3.29. The van der Waals surface area contributed by atoms with Crippen LogP contribution in [0.3, 0.4) is 0 Å². The third-order valence-corrected chi connectivity index (χ3v) is 4.94. The van der Waals surface area contributed by atoms with Crippen LogP contribution in [0.15, 0.2) is 0 Å². The maximum atomic E-state index is 11.2. The second-order valence-electron chi connectivity index (χ2n) is 5.70. The first kappa shape index (κ1) is 18.9. The lowest BCUT2D eigenvalue weighted by Crippen LogP contribution is -2.09. The normalized spacial score (nSPS) is 13.0. The molecule has 0 bridgehead atoms. The molecule has 0 aromatic heterocycles. The summed E-state index contributed by atoms with van der Waals surface area (Å²) in [6.07, 6.45) is 15.3. The molecule has 2 nitrogen and oxygen atoms in total. The van der Waals surface area contributed by atoms with Crippen LogP contribution in [-0.2, 0) is 10.7 Å². The molecular weight excluding hydrogens is 256 g/mol. The molecule has 0 heterocycles. The molecule has 0 saturated carbocycles. The Morgan fingerprint density at radius 3 is 1.37 bits per heavy atom. The third-order valence-electron chi connectivity index (χ3n) is 3.83. The van der Waals surface area contributed by atoms with Crippen LogP contribution in [0.2, 0.25) is 0 Å². The maximum Gasteiger partial charge on any atom is 0.143 e. The average Bonchev–Trinajstić information content (AvgIpc) is 2.39. The van der Waals surface area contributed by atoms with E-state index in [-0.39, 0.29) is 5.25 Å². The highest BCUT2D eigenvalue weighted by atomic mass is 32.2. The van der Waals surface area contributed by atoms with E-state index in [2.05, 4.69) is 13.8 Å². The standard InChI is InChI=1S/C16H34O2S/c1-3-5-7-9-11-13-15-16(19(17)18)14-12-10-8-6-4-2/h16,19H,3-15H2,1-2H3. The minimum atomic E-state index is -2.22. The first-order chi connectivity index (χ1) is 9.22. The van der Waals surface area contributed by atoms with E-state index in [1.54, 1.807) is 0 Å². The summed E-state index contributed by atoms with van der Waals surface area (Å²) in [6, 6.07) is 0. The molecular formula is C16H34O2S. The van der Waals surface area contributed by atoms with Crippen molar-refractivity contribution in [1.29, 1.82) is 0 Å². The molecule has 0 N–H and O–H groups in total. The van der Waals surface area contributed by atoms with Gasteiger partial charge >= 0.3 is 0 Å². The Morgan fingerprint density at radius 2 is 1.00 bits per heavy atom. The van der Waals surface area contributed by atoms with E-state index in [9.17, 15) is 8.42 Å². The quantitative estimate of drug-likeness (QED) is 0.358. The number of thiol groups is 1. The molecule has 0 saturated heterocycles. The molecule has 0 radical (unpaired) electrons. The highest BCUT2D eigenvalue weighted by molar-refractivity contribution is 7.73. The van der Waals surface area contributed by atoms with Crippen molar-refractivity contribution in [3.63, 3.8) is 0 Å². The molecule has 0 aliphatic heterocycles. The molecule has 19 heavy (non-hydrogen) atoms. The minimum absolute atomic E-state index is 0.0530. The van der Waals surface area contributed by atoms with Crippen molar-refractivity contribution < 1.29 is 8.42 Å². The predicted octanol–water partition coefficient (Wildman–Crippen LogP) is 5.08. The Bertz CT molecular complexity index is 241. The van der Waals surface area contributed by atoms with Gasteiger partial charge in [-0.3, -0.25) is 0 Å². The molecule has 0 aliphatic carbocycles. The SMILES string of the molecule is CCCCCCCCC(CCCCCCC)[SH](=O)=O. The first-order valence-corrected chi connectivity index (χ1v) is 9.60. The van der Waals surface area contributed by atoms with Crippen LogP contribution in [0.25, 0.3) is 0 Å². The number of hydrogen-bond donors (Lipinski definition) is 1. The van der Waals surface area contributed by atoms with Gasteiger partial charge in [0.25, 0.3) is 0 Å². The Labute approximate surface area is 122 Å². The van der Waals surface area contributed by atoms with Gasteiger partial charge in [-0.15, -0.1) is 0 Å². The molecule has 0 amide bonds. The van der Waals surface area contributed by atoms with E-state index < -0.39 is 10.7 Å². The Kier molecular flexibility index (Phi) is 14.3. The second-order valence-corrected chi connectivity index (χ2v) is 7.00. The van der Waals surface area contributed by atoms with Gasteiger partial charge in [0.05, 0.1) is 5.25 Å².